The van der Waals surface area contributed by atoms with Crippen LogP contribution in [-0.4, -0.2) is 4.21 Å². The van der Waals surface area contributed by atoms with Gasteiger partial charge >= 0.3 is 0 Å². The molecule has 1 N–H and O–H groups in total. The van der Waals surface area contributed by atoms with Gasteiger partial charge < -0.3 is 4.72 Å². The van der Waals surface area contributed by atoms with Crippen LogP contribution < -0.4 is 4.72 Å². The Morgan fingerprint density at radius 2 is 1.93 bits per heavy atom. The molecular formula is C11H17NOS. The molecule has 2 nitrogen and oxygen atoms in total. The number of fused-ring (bicyclic) bond motifs is 1. The maximum Gasteiger partial charge on any atom is 0.121 e. The molecule has 1 aliphatic rings. The summed E-state index contributed by atoms with van der Waals surface area (Å²) in [5, 5.41) is 0. The monoisotopic (exact) mass is 211 g/mol. The average Bonchev–Trinajstić information content (AvgIpc) is 2.49. The van der Waals surface area contributed by atoms with Crippen molar-refractivity contribution in [3.8, 4) is 0 Å². The third-order valence-corrected chi connectivity index (χ3v) is 3.07. The first-order valence-electron chi connectivity index (χ1n) is 4.92. The van der Waals surface area contributed by atoms with Crippen molar-refractivity contribution < 1.29 is 4.21 Å². The fraction of sp³-hybridized carbons (Fsp3) is 0.455. The summed E-state index contributed by atoms with van der Waals surface area (Å²) in [5.74, 6) is 0.651. The van der Waals surface area contributed by atoms with Crippen molar-refractivity contribution in [3.63, 3.8) is 0 Å². The number of benzene rings is 1. The number of nitrogens with one attached hydrogen (secondary N) is 1. The molecule has 14 heavy (non-hydrogen) atoms. The highest BCUT2D eigenvalue weighted by Crippen LogP contribution is 2.29. The molecule has 3 heteroatoms. The molecular weight excluding hydrogens is 194 g/mol. The van der Waals surface area contributed by atoms with Crippen LogP contribution in [0.2, 0.25) is 0 Å². The SMILES string of the molecule is CC.Cc1cc(C)c2c(c1)CS(=O)N2. The van der Waals surface area contributed by atoms with E-state index in [2.05, 4.69) is 23.8 Å². The summed E-state index contributed by atoms with van der Waals surface area (Å²) < 4.78 is 14.1. The summed E-state index contributed by atoms with van der Waals surface area (Å²) in [7, 11) is -0.888. The topological polar surface area (TPSA) is 29.1 Å². The molecule has 1 unspecified atom stereocenters. The van der Waals surface area contributed by atoms with Gasteiger partial charge in [-0.2, -0.15) is 0 Å². The number of anilines is 1. The number of hydrogen-bond acceptors (Lipinski definition) is 1. The van der Waals surface area contributed by atoms with Gasteiger partial charge in [-0.1, -0.05) is 31.5 Å². The van der Waals surface area contributed by atoms with Crippen LogP contribution in [0.15, 0.2) is 12.1 Å². The number of rotatable bonds is 0. The number of aryl methyl sites for hydroxylation is 2. The second-order valence-electron chi connectivity index (χ2n) is 3.21. The Hall–Kier alpha value is -0.830. The largest absolute Gasteiger partial charge is 0.304 e. The third kappa shape index (κ3) is 2.15. The highest BCUT2D eigenvalue weighted by molar-refractivity contribution is 7.86. The van der Waals surface area contributed by atoms with Crippen molar-refractivity contribution in [1.29, 1.82) is 0 Å². The molecule has 1 atom stereocenters. The van der Waals surface area contributed by atoms with Gasteiger partial charge in [-0.15, -0.1) is 0 Å². The van der Waals surface area contributed by atoms with Crippen LogP contribution in [0.3, 0.4) is 0 Å². The Morgan fingerprint density at radius 3 is 2.57 bits per heavy atom. The molecule has 78 valence electrons. The lowest BCUT2D eigenvalue weighted by molar-refractivity contribution is 0.687. The maximum atomic E-state index is 11.2. The molecule has 1 heterocycles. The average molecular weight is 211 g/mol. The van der Waals surface area contributed by atoms with Gasteiger partial charge in [0.15, 0.2) is 0 Å². The van der Waals surface area contributed by atoms with Crippen LogP contribution in [-0.2, 0) is 16.7 Å². The van der Waals surface area contributed by atoms with Crippen LogP contribution in [0, 0.1) is 13.8 Å². The van der Waals surface area contributed by atoms with E-state index in [-0.39, 0.29) is 0 Å². The summed E-state index contributed by atoms with van der Waals surface area (Å²) in [5.41, 5.74) is 4.69. The molecule has 0 fully saturated rings. The van der Waals surface area contributed by atoms with E-state index in [1.807, 2.05) is 20.8 Å². The molecule has 0 saturated carbocycles. The predicted octanol–water partition coefficient (Wildman–Crippen LogP) is 2.92. The Bertz CT molecular complexity index is 361. The molecule has 0 saturated heterocycles. The lowest BCUT2D eigenvalue weighted by Gasteiger charge is -2.03. The second kappa shape index (κ2) is 4.60. The normalized spacial score (nSPS) is 17.9. The molecule has 0 aliphatic carbocycles. The van der Waals surface area contributed by atoms with Crippen LogP contribution >= 0.6 is 0 Å². The van der Waals surface area contributed by atoms with Crippen molar-refractivity contribution >= 4 is 16.7 Å². The van der Waals surface area contributed by atoms with Crippen LogP contribution in [0.25, 0.3) is 0 Å². The van der Waals surface area contributed by atoms with Crippen molar-refractivity contribution in [2.45, 2.75) is 33.4 Å². The standard InChI is InChI=1S/C9H11NOS.C2H6/c1-6-3-7(2)9-8(4-6)5-12(11)10-9;1-2/h3-4,10H,5H2,1-2H3;1-2H3. The van der Waals surface area contributed by atoms with Crippen LogP contribution in [0.4, 0.5) is 5.69 Å². The summed E-state index contributed by atoms with van der Waals surface area (Å²) in [6.07, 6.45) is 0. The van der Waals surface area contributed by atoms with Gasteiger partial charge in [0.25, 0.3) is 0 Å². The first kappa shape index (κ1) is 11.2. The molecule has 0 bridgehead atoms. The summed E-state index contributed by atoms with van der Waals surface area (Å²) in [6, 6.07) is 4.20. The van der Waals surface area contributed by atoms with Gasteiger partial charge in [-0.3, -0.25) is 0 Å². The van der Waals surface area contributed by atoms with Gasteiger partial charge in [-0.05, 0) is 25.0 Å². The van der Waals surface area contributed by atoms with Gasteiger partial charge in [0.2, 0.25) is 0 Å². The molecule has 1 aromatic rings. The van der Waals surface area contributed by atoms with E-state index in [0.717, 1.165) is 5.69 Å². The fourth-order valence-corrected chi connectivity index (χ4v) is 2.71. The van der Waals surface area contributed by atoms with Crippen molar-refractivity contribution in [1.82, 2.24) is 0 Å². The van der Waals surface area contributed by atoms with Gasteiger partial charge in [-0.25, -0.2) is 4.21 Å². The lowest BCUT2D eigenvalue weighted by Crippen LogP contribution is -1.95. The predicted molar refractivity (Wildman–Crippen MR) is 62.7 cm³/mol. The van der Waals surface area contributed by atoms with E-state index < -0.39 is 11.0 Å². The summed E-state index contributed by atoms with van der Waals surface area (Å²) in [6.45, 7) is 8.11. The zero-order chi connectivity index (χ0) is 10.7. The first-order valence-corrected chi connectivity index (χ1v) is 6.24. The van der Waals surface area contributed by atoms with E-state index in [9.17, 15) is 4.21 Å². The Labute approximate surface area is 88.3 Å². The zero-order valence-corrected chi connectivity index (χ0v) is 9.99. The highest BCUT2D eigenvalue weighted by Gasteiger charge is 2.17. The van der Waals surface area contributed by atoms with Crippen molar-refractivity contribution in [2.24, 2.45) is 0 Å². The Balaban J connectivity index is 0.000000461. The fourth-order valence-electron chi connectivity index (χ4n) is 1.61. The van der Waals surface area contributed by atoms with Crippen LogP contribution in [0.1, 0.15) is 30.5 Å². The molecule has 1 aromatic carbocycles. The Morgan fingerprint density at radius 1 is 1.29 bits per heavy atom. The maximum absolute atomic E-state index is 11.2. The van der Waals surface area contributed by atoms with Gasteiger partial charge in [0, 0.05) is 0 Å². The Kier molecular flexibility index (Phi) is 3.69. The van der Waals surface area contributed by atoms with Crippen molar-refractivity contribution in [2.75, 3.05) is 4.72 Å². The van der Waals surface area contributed by atoms with E-state index in [1.165, 1.54) is 16.7 Å². The molecule has 2 rings (SSSR count). The first-order chi connectivity index (χ1) is 6.66. The third-order valence-electron chi connectivity index (χ3n) is 2.06. The molecule has 0 spiro atoms. The van der Waals surface area contributed by atoms with Gasteiger partial charge in [0.1, 0.15) is 11.0 Å². The van der Waals surface area contributed by atoms with E-state index >= 15 is 0 Å². The molecule has 1 aliphatic heterocycles. The summed E-state index contributed by atoms with van der Waals surface area (Å²) in [4.78, 5) is 0. The minimum absolute atomic E-state index is 0.651. The molecule has 0 radical (unpaired) electrons. The minimum atomic E-state index is -0.888. The van der Waals surface area contributed by atoms with E-state index in [1.54, 1.807) is 0 Å². The zero-order valence-electron chi connectivity index (χ0n) is 9.18. The smallest absolute Gasteiger partial charge is 0.121 e. The van der Waals surface area contributed by atoms with Crippen LogP contribution in [0.5, 0.6) is 0 Å². The second-order valence-corrected chi connectivity index (χ2v) is 4.39. The molecule has 0 amide bonds. The summed E-state index contributed by atoms with van der Waals surface area (Å²) >= 11 is 0. The lowest BCUT2D eigenvalue weighted by atomic mass is 10.1. The van der Waals surface area contributed by atoms with E-state index in [4.69, 9.17) is 0 Å². The molecule has 0 aromatic heterocycles. The van der Waals surface area contributed by atoms with Gasteiger partial charge in [0.05, 0.1) is 11.4 Å². The van der Waals surface area contributed by atoms with E-state index in [0.29, 0.717) is 5.75 Å². The van der Waals surface area contributed by atoms with Crippen molar-refractivity contribution in [3.05, 3.63) is 28.8 Å². The minimum Gasteiger partial charge on any atom is -0.304 e. The highest BCUT2D eigenvalue weighted by atomic mass is 32.2. The number of hydrogen-bond donors (Lipinski definition) is 1. The quantitative estimate of drug-likeness (QED) is 0.702.